The molecule has 11 nitrogen and oxygen atoms in total. The first kappa shape index (κ1) is 30.5. The van der Waals surface area contributed by atoms with E-state index in [0.29, 0.717) is 18.7 Å². The molecule has 216 valence electrons. The zero-order valence-electron chi connectivity index (χ0n) is 21.9. The molecular formula is C24H35F3N8O3S. The van der Waals surface area contributed by atoms with Gasteiger partial charge in [0.05, 0.1) is 0 Å². The second kappa shape index (κ2) is 13.9. The van der Waals surface area contributed by atoms with Crippen LogP contribution in [0, 0.1) is 0 Å². The van der Waals surface area contributed by atoms with E-state index in [1.807, 2.05) is 5.43 Å². The molecule has 0 aromatic heterocycles. The highest BCUT2D eigenvalue weighted by Crippen LogP contribution is 2.36. The van der Waals surface area contributed by atoms with Crippen LogP contribution in [-0.2, 0) is 14.4 Å². The lowest BCUT2D eigenvalue weighted by Gasteiger charge is -2.32. The van der Waals surface area contributed by atoms with Crippen LogP contribution < -0.4 is 27.2 Å². The molecule has 2 saturated heterocycles. The number of hydrogen-bond acceptors (Lipinski definition) is 9. The predicted molar refractivity (Wildman–Crippen MR) is 144 cm³/mol. The molecule has 0 saturated carbocycles. The van der Waals surface area contributed by atoms with E-state index < -0.39 is 23.9 Å². The molecule has 6 N–H and O–H groups in total. The molecule has 0 unspecified atom stereocenters. The summed E-state index contributed by atoms with van der Waals surface area (Å²) in [6.45, 7) is 5.38. The minimum Gasteiger partial charge on any atom is -0.392 e. The Morgan fingerprint density at radius 1 is 1.10 bits per heavy atom. The number of nitrogens with two attached hydrogens (primary N) is 1. The molecule has 2 fully saturated rings. The Balaban J connectivity index is 1.48. The van der Waals surface area contributed by atoms with Gasteiger partial charge >= 0.3 is 6.18 Å². The first-order valence-electron chi connectivity index (χ1n) is 12.6. The summed E-state index contributed by atoms with van der Waals surface area (Å²) in [4.78, 5) is 43.2. The van der Waals surface area contributed by atoms with Gasteiger partial charge in [-0.1, -0.05) is 11.8 Å². The van der Waals surface area contributed by atoms with E-state index in [-0.39, 0.29) is 35.6 Å². The van der Waals surface area contributed by atoms with E-state index in [9.17, 15) is 27.6 Å². The maximum absolute atomic E-state index is 12.8. The maximum Gasteiger partial charge on any atom is 0.402 e. The van der Waals surface area contributed by atoms with Crippen molar-refractivity contribution >= 4 is 40.9 Å². The molecule has 1 atom stereocenters. The van der Waals surface area contributed by atoms with E-state index in [0.717, 1.165) is 43.6 Å². The van der Waals surface area contributed by atoms with Gasteiger partial charge in [-0.15, -0.1) is 0 Å². The summed E-state index contributed by atoms with van der Waals surface area (Å²) in [6, 6.07) is 7.09. The fraction of sp³-hybridized carbons (Fsp3) is 0.542. The number of rotatable bonds is 11. The number of carbonyl (C=O) groups is 3. The summed E-state index contributed by atoms with van der Waals surface area (Å²) in [5, 5.41) is 5.65. The average Bonchev–Trinajstić information content (AvgIpc) is 3.21. The molecule has 0 bridgehead atoms. The average molecular weight is 573 g/mol. The van der Waals surface area contributed by atoms with Crippen molar-refractivity contribution in [1.82, 2.24) is 25.6 Å². The smallest absolute Gasteiger partial charge is 0.392 e. The molecule has 2 aliphatic heterocycles. The first-order chi connectivity index (χ1) is 18.5. The summed E-state index contributed by atoms with van der Waals surface area (Å²) in [7, 11) is 2.09. The number of alkyl halides is 3. The zero-order chi connectivity index (χ0) is 28.6. The number of carbonyl (C=O) groups excluding carboxylic acids is 3. The maximum atomic E-state index is 12.8. The zero-order valence-corrected chi connectivity index (χ0v) is 22.8. The second-order valence-corrected chi connectivity index (χ2v) is 10.4. The molecule has 2 aliphatic rings. The quantitative estimate of drug-likeness (QED) is 0.194. The fourth-order valence-electron chi connectivity index (χ4n) is 3.99. The van der Waals surface area contributed by atoms with Crippen LogP contribution in [0.1, 0.15) is 13.3 Å². The number of hydrogen-bond donors (Lipinski definition) is 5. The molecule has 3 amide bonds. The van der Waals surface area contributed by atoms with Gasteiger partial charge in [-0.2, -0.15) is 13.2 Å². The van der Waals surface area contributed by atoms with Crippen molar-refractivity contribution in [2.24, 2.45) is 5.73 Å². The topological polar surface area (TPSA) is 135 Å². The van der Waals surface area contributed by atoms with Gasteiger partial charge in [0.25, 0.3) is 5.91 Å². The number of benzene rings is 1. The molecule has 15 heteroatoms. The minimum atomic E-state index is -4.51. The van der Waals surface area contributed by atoms with Crippen molar-refractivity contribution in [3.05, 3.63) is 35.0 Å². The van der Waals surface area contributed by atoms with Gasteiger partial charge in [0.1, 0.15) is 22.5 Å². The van der Waals surface area contributed by atoms with E-state index in [1.165, 1.54) is 4.90 Å². The lowest BCUT2D eigenvalue weighted by Crippen LogP contribution is -2.45. The Bertz CT molecular complexity index is 1050. The van der Waals surface area contributed by atoms with Crippen LogP contribution in [0.15, 0.2) is 35.0 Å². The Morgan fingerprint density at radius 3 is 2.36 bits per heavy atom. The summed E-state index contributed by atoms with van der Waals surface area (Å²) < 4.78 is 36.9. The number of nitrogens with one attached hydrogen (secondary N) is 4. The number of hydrazine groups is 1. The highest BCUT2D eigenvalue weighted by atomic mass is 32.2. The van der Waals surface area contributed by atoms with Crippen molar-refractivity contribution < 1.29 is 27.6 Å². The highest BCUT2D eigenvalue weighted by Gasteiger charge is 2.38. The Morgan fingerprint density at radius 2 is 1.74 bits per heavy atom. The van der Waals surface area contributed by atoms with Crippen molar-refractivity contribution in [2.75, 3.05) is 70.0 Å². The largest absolute Gasteiger partial charge is 0.402 e. The van der Waals surface area contributed by atoms with Crippen molar-refractivity contribution in [3.63, 3.8) is 0 Å². The molecule has 0 spiro atoms. The summed E-state index contributed by atoms with van der Waals surface area (Å²) in [5.74, 6) is -1.28. The molecule has 0 aliphatic carbocycles. The van der Waals surface area contributed by atoms with Gasteiger partial charge in [0, 0.05) is 63.6 Å². The number of likely N-dealkylation sites (N-methyl/N-ethyl adjacent to an activating group) is 1. The number of anilines is 2. The van der Waals surface area contributed by atoms with Crippen molar-refractivity contribution in [1.29, 1.82) is 0 Å². The van der Waals surface area contributed by atoms with E-state index >= 15 is 0 Å². The van der Waals surface area contributed by atoms with Gasteiger partial charge in [0.15, 0.2) is 0 Å². The van der Waals surface area contributed by atoms with Crippen LogP contribution in [0.25, 0.3) is 0 Å². The van der Waals surface area contributed by atoms with Crippen molar-refractivity contribution in [2.45, 2.75) is 24.8 Å². The standard InChI is InChI=1S/C24H35F3N8O3S/c1-3-35-22(38)18(39-23(35)20(28)21(37)32-30-15-24(25,26)27)14-29-16-4-6-17(7-5-16)31-19(36)8-9-34-12-10-33(2)11-13-34/h4-7,18,29-30H,3,8-15,28H2,1-2H3,(H,31,36)(H,32,37)/b23-20+/t18-/m1/s1. The SMILES string of the molecule is CCN1C(=O)[C@@H](CNc2ccc(NC(=O)CCN3CCN(C)CC3)cc2)S/C1=C(/N)C(=O)NNCC(F)(F)F. The molecule has 3 rings (SSSR count). The summed E-state index contributed by atoms with van der Waals surface area (Å²) >= 11 is 1.07. The lowest BCUT2D eigenvalue weighted by molar-refractivity contribution is -0.131. The van der Waals surface area contributed by atoms with E-state index in [4.69, 9.17) is 5.73 Å². The second-order valence-electron chi connectivity index (χ2n) is 9.23. The number of amides is 3. The van der Waals surface area contributed by atoms with Gasteiger partial charge in [-0.3, -0.25) is 19.8 Å². The monoisotopic (exact) mass is 572 g/mol. The van der Waals surface area contributed by atoms with Gasteiger partial charge in [-0.05, 0) is 38.2 Å². The van der Waals surface area contributed by atoms with Crippen LogP contribution in [-0.4, -0.2) is 103 Å². The van der Waals surface area contributed by atoms with Crippen molar-refractivity contribution in [3.8, 4) is 0 Å². The lowest BCUT2D eigenvalue weighted by atomic mass is 10.2. The predicted octanol–water partition coefficient (Wildman–Crippen LogP) is 0.949. The van der Waals surface area contributed by atoms with Crippen LogP contribution in [0.3, 0.4) is 0 Å². The molecule has 0 radical (unpaired) electrons. The van der Waals surface area contributed by atoms with Gasteiger partial charge in [0.2, 0.25) is 11.8 Å². The van der Waals surface area contributed by atoms with E-state index in [2.05, 4.69) is 27.5 Å². The third-order valence-electron chi connectivity index (χ3n) is 6.23. The Labute approximate surface area is 229 Å². The Kier molecular flexibility index (Phi) is 10.9. The van der Waals surface area contributed by atoms with E-state index in [1.54, 1.807) is 36.6 Å². The van der Waals surface area contributed by atoms with Crippen LogP contribution >= 0.6 is 11.8 Å². The first-order valence-corrected chi connectivity index (χ1v) is 13.5. The minimum absolute atomic E-state index is 0.0585. The number of piperazine rings is 1. The van der Waals surface area contributed by atoms with Gasteiger partial charge in [-0.25, -0.2) is 5.43 Å². The molecule has 2 heterocycles. The van der Waals surface area contributed by atoms with Crippen LogP contribution in [0.4, 0.5) is 24.5 Å². The summed E-state index contributed by atoms with van der Waals surface area (Å²) in [5.41, 5.74) is 10.6. The number of halogens is 3. The third kappa shape index (κ3) is 9.30. The molecular weight excluding hydrogens is 537 g/mol. The Hall–Kier alpha value is -3.01. The molecule has 1 aromatic carbocycles. The van der Waals surface area contributed by atoms with Crippen LogP contribution in [0.5, 0.6) is 0 Å². The fourth-order valence-corrected chi connectivity index (χ4v) is 5.22. The highest BCUT2D eigenvalue weighted by molar-refractivity contribution is 8.04. The summed E-state index contributed by atoms with van der Waals surface area (Å²) in [6.07, 6.45) is -4.10. The molecule has 39 heavy (non-hydrogen) atoms. The van der Waals surface area contributed by atoms with Gasteiger partial charge < -0.3 is 31.1 Å². The number of thioether (sulfide) groups is 1. The third-order valence-corrected chi connectivity index (χ3v) is 7.55. The molecule has 1 aromatic rings. The number of nitrogens with zero attached hydrogens (tertiary/aromatic N) is 3. The normalized spacial score (nSPS) is 20.2. The van der Waals surface area contributed by atoms with Crippen LogP contribution in [0.2, 0.25) is 0 Å².